The van der Waals surface area contributed by atoms with Crippen LogP contribution in [0.4, 0.5) is 0 Å². The van der Waals surface area contributed by atoms with Crippen molar-refractivity contribution in [2.24, 2.45) is 0 Å². The number of nitrogens with one attached hydrogen (secondary N) is 1. The summed E-state index contributed by atoms with van der Waals surface area (Å²) in [5, 5.41) is 13.7. The number of carbonyl (C=O) groups is 3. The fourth-order valence-corrected chi connectivity index (χ4v) is 6.63. The Morgan fingerprint density at radius 2 is 1.72 bits per heavy atom. The Morgan fingerprint density at radius 3 is 2.48 bits per heavy atom. The molecule has 0 unspecified atom stereocenters. The van der Waals surface area contributed by atoms with Gasteiger partial charge in [0.05, 0.1) is 5.39 Å². The van der Waals surface area contributed by atoms with Crippen LogP contribution in [0.15, 0.2) is 82.0 Å². The lowest BCUT2D eigenvalue weighted by Gasteiger charge is -2.36. The average molecular weight is 642 g/mol. The smallest absolute Gasteiger partial charge is 0.287 e. The number of halogens is 1. The van der Waals surface area contributed by atoms with Crippen LogP contribution in [-0.4, -0.2) is 58.3 Å². The first-order chi connectivity index (χ1) is 22.3. The maximum atomic E-state index is 14.0. The molecule has 0 bridgehead atoms. The zero-order valence-corrected chi connectivity index (χ0v) is 26.2. The van der Waals surface area contributed by atoms with Crippen LogP contribution >= 0.6 is 11.6 Å². The molecule has 238 valence electrons. The van der Waals surface area contributed by atoms with E-state index in [1.54, 1.807) is 29.2 Å². The highest BCUT2D eigenvalue weighted by Crippen LogP contribution is 2.32. The van der Waals surface area contributed by atoms with E-state index in [9.17, 15) is 24.3 Å². The molecule has 0 saturated carbocycles. The van der Waals surface area contributed by atoms with E-state index in [1.165, 1.54) is 23.8 Å². The highest BCUT2D eigenvalue weighted by atomic mass is 35.5. The first-order valence-corrected chi connectivity index (χ1v) is 16.1. The van der Waals surface area contributed by atoms with E-state index >= 15 is 0 Å². The van der Waals surface area contributed by atoms with Gasteiger partial charge >= 0.3 is 0 Å². The SMILES string of the molecule is O=C(N[C@@H](Cc1ccc(Cl)cc1)C(=O)N1CCC(c2ccccc2CN2CCCCC2=O)CC1)c1cc(=O)c2cccc(O)c2o1. The summed E-state index contributed by atoms with van der Waals surface area (Å²) in [7, 11) is 0. The molecular formula is C36H36ClN3O6. The van der Waals surface area contributed by atoms with Crippen molar-refractivity contribution in [3.05, 3.63) is 110 Å². The van der Waals surface area contributed by atoms with E-state index < -0.39 is 17.4 Å². The van der Waals surface area contributed by atoms with Crippen LogP contribution in [0, 0.1) is 0 Å². The highest BCUT2D eigenvalue weighted by molar-refractivity contribution is 6.30. The Morgan fingerprint density at radius 1 is 0.957 bits per heavy atom. The van der Waals surface area contributed by atoms with E-state index in [-0.39, 0.29) is 46.6 Å². The van der Waals surface area contributed by atoms with Crippen molar-refractivity contribution >= 4 is 40.3 Å². The number of carbonyl (C=O) groups excluding carboxylic acids is 3. The molecule has 2 aliphatic heterocycles. The number of piperidine rings is 2. The monoisotopic (exact) mass is 641 g/mol. The molecular weight excluding hydrogens is 606 g/mol. The summed E-state index contributed by atoms with van der Waals surface area (Å²) in [6.07, 6.45) is 4.28. The van der Waals surface area contributed by atoms with Crippen molar-refractivity contribution in [3.63, 3.8) is 0 Å². The number of para-hydroxylation sites is 1. The number of benzene rings is 3. The predicted octanol–water partition coefficient (Wildman–Crippen LogP) is 5.41. The summed E-state index contributed by atoms with van der Waals surface area (Å²) >= 11 is 6.08. The van der Waals surface area contributed by atoms with E-state index in [4.69, 9.17) is 16.0 Å². The number of aromatic hydroxyl groups is 1. The average Bonchev–Trinajstić information content (AvgIpc) is 3.07. The summed E-state index contributed by atoms with van der Waals surface area (Å²) in [4.78, 5) is 56.3. The lowest BCUT2D eigenvalue weighted by molar-refractivity contribution is -0.135. The topological polar surface area (TPSA) is 120 Å². The first-order valence-electron chi connectivity index (χ1n) is 15.7. The maximum Gasteiger partial charge on any atom is 0.287 e. The minimum absolute atomic E-state index is 0.0901. The molecule has 46 heavy (non-hydrogen) atoms. The second-order valence-corrected chi connectivity index (χ2v) is 12.5. The van der Waals surface area contributed by atoms with E-state index in [0.29, 0.717) is 31.1 Å². The number of phenols is 1. The van der Waals surface area contributed by atoms with Gasteiger partial charge in [0.1, 0.15) is 6.04 Å². The minimum Gasteiger partial charge on any atom is -0.504 e. The number of rotatable bonds is 8. The third kappa shape index (κ3) is 6.94. The zero-order chi connectivity index (χ0) is 32.2. The van der Waals surface area contributed by atoms with Crippen LogP contribution in [0.2, 0.25) is 5.02 Å². The van der Waals surface area contributed by atoms with Gasteiger partial charge in [-0.2, -0.15) is 0 Å². The van der Waals surface area contributed by atoms with Gasteiger partial charge in [-0.1, -0.05) is 54.1 Å². The Hall–Kier alpha value is -4.63. The number of hydrogen-bond acceptors (Lipinski definition) is 6. The molecule has 1 atom stereocenters. The number of nitrogens with zero attached hydrogens (tertiary/aromatic N) is 2. The Bertz CT molecular complexity index is 1810. The lowest BCUT2D eigenvalue weighted by atomic mass is 9.86. The van der Waals surface area contributed by atoms with Crippen molar-refractivity contribution in [1.29, 1.82) is 0 Å². The van der Waals surface area contributed by atoms with Gasteiger partial charge in [-0.3, -0.25) is 19.2 Å². The summed E-state index contributed by atoms with van der Waals surface area (Å²) in [5.41, 5.74) is 2.60. The highest BCUT2D eigenvalue weighted by Gasteiger charge is 2.32. The molecule has 3 aromatic carbocycles. The summed E-state index contributed by atoms with van der Waals surface area (Å²) in [6, 6.07) is 19.9. The fourth-order valence-electron chi connectivity index (χ4n) is 6.50. The predicted molar refractivity (Wildman–Crippen MR) is 175 cm³/mol. The molecule has 2 saturated heterocycles. The molecule has 3 amide bonds. The summed E-state index contributed by atoms with van der Waals surface area (Å²) < 4.78 is 5.63. The van der Waals surface area contributed by atoms with Crippen molar-refractivity contribution in [2.75, 3.05) is 19.6 Å². The Kier molecular flexibility index (Phi) is 9.40. The van der Waals surface area contributed by atoms with Gasteiger partial charge in [0.25, 0.3) is 5.91 Å². The van der Waals surface area contributed by atoms with Gasteiger partial charge in [0.2, 0.25) is 11.8 Å². The van der Waals surface area contributed by atoms with Gasteiger partial charge in [-0.05, 0) is 72.6 Å². The van der Waals surface area contributed by atoms with Gasteiger partial charge in [0, 0.05) is 50.1 Å². The molecule has 0 radical (unpaired) electrons. The van der Waals surface area contributed by atoms with E-state index in [0.717, 1.165) is 49.4 Å². The number of phenolic OH excluding ortho intramolecular Hbond substituents is 1. The minimum atomic E-state index is -0.937. The molecule has 10 heteroatoms. The van der Waals surface area contributed by atoms with Gasteiger partial charge in [-0.15, -0.1) is 0 Å². The number of likely N-dealkylation sites (tertiary alicyclic amines) is 2. The van der Waals surface area contributed by atoms with Gasteiger partial charge in [-0.25, -0.2) is 0 Å². The second kappa shape index (κ2) is 13.8. The van der Waals surface area contributed by atoms with Crippen molar-refractivity contribution in [1.82, 2.24) is 15.1 Å². The Labute approximate surface area is 271 Å². The molecule has 3 heterocycles. The van der Waals surface area contributed by atoms with Crippen LogP contribution in [0.1, 0.15) is 65.3 Å². The van der Waals surface area contributed by atoms with E-state index in [2.05, 4.69) is 17.4 Å². The van der Waals surface area contributed by atoms with E-state index in [1.807, 2.05) is 17.0 Å². The fraction of sp³-hybridized carbons (Fsp3) is 0.333. The van der Waals surface area contributed by atoms with Crippen molar-refractivity contribution < 1.29 is 23.9 Å². The standard InChI is InChI=1S/C36H36ClN3O6/c37-26-13-11-23(12-14-26)20-29(38-35(44)32-21-31(42)28-8-5-9-30(41)34(28)46-32)36(45)39-18-15-24(16-19-39)27-7-2-1-6-25(27)22-40-17-4-3-10-33(40)43/h1-2,5-9,11-14,21,24,29,41H,3-4,10,15-20,22H2,(H,38,44)/t29-/m0/s1. The number of hydrogen-bond donors (Lipinski definition) is 2. The zero-order valence-electron chi connectivity index (χ0n) is 25.4. The largest absolute Gasteiger partial charge is 0.504 e. The number of amides is 3. The van der Waals surface area contributed by atoms with Crippen LogP contribution < -0.4 is 10.7 Å². The Balaban J connectivity index is 1.18. The molecule has 1 aromatic heterocycles. The molecule has 0 spiro atoms. The van der Waals surface area contributed by atoms with Crippen LogP contribution in [0.5, 0.6) is 5.75 Å². The normalized spacial score (nSPS) is 16.4. The summed E-state index contributed by atoms with van der Waals surface area (Å²) in [5.74, 6) is -1.08. The van der Waals surface area contributed by atoms with Crippen LogP contribution in [0.3, 0.4) is 0 Å². The van der Waals surface area contributed by atoms with Crippen molar-refractivity contribution in [2.45, 2.75) is 57.0 Å². The van der Waals surface area contributed by atoms with Crippen LogP contribution in [0.25, 0.3) is 11.0 Å². The van der Waals surface area contributed by atoms with Gasteiger partial charge < -0.3 is 24.6 Å². The third-order valence-corrected chi connectivity index (χ3v) is 9.25. The lowest BCUT2D eigenvalue weighted by Crippen LogP contribution is -2.51. The molecule has 0 aliphatic carbocycles. The second-order valence-electron chi connectivity index (χ2n) is 12.1. The molecule has 4 aromatic rings. The summed E-state index contributed by atoms with van der Waals surface area (Å²) in [6.45, 7) is 2.40. The quantitative estimate of drug-likeness (QED) is 0.265. The third-order valence-electron chi connectivity index (χ3n) is 9.00. The molecule has 2 aliphatic rings. The molecule has 6 rings (SSSR count). The molecule has 2 N–H and O–H groups in total. The first kappa shape index (κ1) is 31.4. The maximum absolute atomic E-state index is 14.0. The van der Waals surface area contributed by atoms with Gasteiger partial charge in [0.15, 0.2) is 22.5 Å². The molecule has 2 fully saturated rings. The molecule has 9 nitrogen and oxygen atoms in total. The number of fused-ring (bicyclic) bond motifs is 1. The van der Waals surface area contributed by atoms with Crippen LogP contribution in [-0.2, 0) is 22.6 Å². The van der Waals surface area contributed by atoms with Crippen molar-refractivity contribution in [3.8, 4) is 5.75 Å².